The van der Waals surface area contributed by atoms with Crippen molar-refractivity contribution in [3.63, 3.8) is 0 Å². The van der Waals surface area contributed by atoms with Gasteiger partial charge in [0, 0.05) is 44.7 Å². The molecule has 0 spiro atoms. The maximum atomic E-state index is 12.1. The highest BCUT2D eigenvalue weighted by Gasteiger charge is 2.16. The average Bonchev–Trinajstić information content (AvgIpc) is 3.03. The van der Waals surface area contributed by atoms with Crippen molar-refractivity contribution in [2.45, 2.75) is 24.4 Å². The smallest absolute Gasteiger partial charge is 0.243 e. The summed E-state index contributed by atoms with van der Waals surface area (Å²) in [6.07, 6.45) is 6.62. The Hall–Kier alpha value is -1.71. The van der Waals surface area contributed by atoms with Gasteiger partial charge >= 0.3 is 0 Å². The van der Waals surface area contributed by atoms with Gasteiger partial charge in [-0.25, -0.2) is 13.1 Å². The molecule has 0 aromatic carbocycles. The van der Waals surface area contributed by atoms with Crippen LogP contribution in [0.2, 0.25) is 0 Å². The van der Waals surface area contributed by atoms with Gasteiger partial charge in [0.1, 0.15) is 4.90 Å². The van der Waals surface area contributed by atoms with Crippen LogP contribution >= 0.6 is 0 Å². The topological polar surface area (TPSA) is 102 Å². The van der Waals surface area contributed by atoms with Crippen molar-refractivity contribution >= 4 is 10.0 Å². The minimum absolute atomic E-state index is 0.0429. The summed E-state index contributed by atoms with van der Waals surface area (Å²) in [6, 6.07) is 0. The van der Waals surface area contributed by atoms with Crippen LogP contribution in [0.25, 0.3) is 0 Å². The van der Waals surface area contributed by atoms with Gasteiger partial charge in [0.25, 0.3) is 0 Å². The maximum absolute atomic E-state index is 12.1. The predicted octanol–water partition coefficient (Wildman–Crippen LogP) is -0.522. The van der Waals surface area contributed by atoms with E-state index in [1.165, 1.54) is 17.1 Å². The van der Waals surface area contributed by atoms with Crippen LogP contribution in [0.3, 0.4) is 0 Å². The molecule has 0 radical (unpaired) electrons. The van der Waals surface area contributed by atoms with Crippen LogP contribution in [0.5, 0.6) is 0 Å². The Morgan fingerprint density at radius 3 is 2.75 bits per heavy atom. The molecule has 2 aromatic rings. The summed E-state index contributed by atoms with van der Waals surface area (Å²) in [4.78, 5) is 0.110. The van der Waals surface area contributed by atoms with Gasteiger partial charge in [0.2, 0.25) is 10.0 Å². The average molecular weight is 299 g/mol. The van der Waals surface area contributed by atoms with Gasteiger partial charge in [0.05, 0.1) is 12.4 Å². The Balaban J connectivity index is 2.00. The molecule has 2 rings (SSSR count). The Labute approximate surface area is 117 Å². The van der Waals surface area contributed by atoms with E-state index in [4.69, 9.17) is 5.11 Å². The fourth-order valence-corrected chi connectivity index (χ4v) is 2.63. The normalized spacial score (nSPS) is 11.9. The van der Waals surface area contributed by atoms with E-state index in [-0.39, 0.29) is 18.0 Å². The van der Waals surface area contributed by atoms with Crippen molar-refractivity contribution in [3.8, 4) is 0 Å². The zero-order chi connectivity index (χ0) is 14.6. The van der Waals surface area contributed by atoms with Gasteiger partial charge in [0.15, 0.2) is 0 Å². The monoisotopic (exact) mass is 299 g/mol. The first-order chi connectivity index (χ1) is 9.51. The van der Waals surface area contributed by atoms with Crippen LogP contribution in [0.1, 0.15) is 12.0 Å². The largest absolute Gasteiger partial charge is 0.396 e. The van der Waals surface area contributed by atoms with E-state index in [0.717, 1.165) is 5.56 Å². The summed E-state index contributed by atoms with van der Waals surface area (Å²) in [5, 5.41) is 16.6. The van der Waals surface area contributed by atoms with Crippen molar-refractivity contribution in [1.29, 1.82) is 0 Å². The third-order valence-corrected chi connectivity index (χ3v) is 4.05. The standard InChI is InChI=1S/C11H17N5O3S/c1-15-8-10(5-12-15)6-14-20(18,19)11-7-13-16(9-11)3-2-4-17/h5,7-9,14,17H,2-4,6H2,1H3. The van der Waals surface area contributed by atoms with Crippen LogP contribution in [-0.4, -0.2) is 39.7 Å². The van der Waals surface area contributed by atoms with Crippen molar-refractivity contribution in [2.75, 3.05) is 6.61 Å². The highest BCUT2D eigenvalue weighted by molar-refractivity contribution is 7.89. The lowest BCUT2D eigenvalue weighted by molar-refractivity contribution is 0.277. The zero-order valence-corrected chi connectivity index (χ0v) is 11.9. The van der Waals surface area contributed by atoms with E-state index in [1.54, 1.807) is 24.1 Å². The Morgan fingerprint density at radius 1 is 1.30 bits per heavy atom. The van der Waals surface area contributed by atoms with Crippen molar-refractivity contribution in [1.82, 2.24) is 24.3 Å². The zero-order valence-electron chi connectivity index (χ0n) is 11.1. The summed E-state index contributed by atoms with van der Waals surface area (Å²) in [5.41, 5.74) is 0.781. The minimum atomic E-state index is -3.59. The molecule has 0 bridgehead atoms. The number of sulfonamides is 1. The lowest BCUT2D eigenvalue weighted by Crippen LogP contribution is -2.22. The SMILES string of the molecule is Cn1cc(CNS(=O)(=O)c2cnn(CCCO)c2)cn1. The fourth-order valence-electron chi connectivity index (χ4n) is 1.66. The number of aromatic nitrogens is 4. The molecule has 2 aromatic heterocycles. The predicted molar refractivity (Wildman–Crippen MR) is 71.2 cm³/mol. The highest BCUT2D eigenvalue weighted by Crippen LogP contribution is 2.08. The van der Waals surface area contributed by atoms with E-state index in [2.05, 4.69) is 14.9 Å². The van der Waals surface area contributed by atoms with Crippen molar-refractivity contribution < 1.29 is 13.5 Å². The second kappa shape index (κ2) is 6.16. The van der Waals surface area contributed by atoms with E-state index in [9.17, 15) is 8.42 Å². The third-order valence-electron chi connectivity index (χ3n) is 2.69. The van der Waals surface area contributed by atoms with Gasteiger partial charge in [-0.3, -0.25) is 9.36 Å². The molecular weight excluding hydrogens is 282 g/mol. The second-order valence-electron chi connectivity index (χ2n) is 4.36. The van der Waals surface area contributed by atoms with Crippen LogP contribution in [0.4, 0.5) is 0 Å². The molecule has 110 valence electrons. The summed E-state index contributed by atoms with van der Waals surface area (Å²) in [7, 11) is -1.82. The lowest BCUT2D eigenvalue weighted by Gasteiger charge is -2.02. The summed E-state index contributed by atoms with van der Waals surface area (Å²) < 4.78 is 29.7. The highest BCUT2D eigenvalue weighted by atomic mass is 32.2. The summed E-state index contributed by atoms with van der Waals surface area (Å²) >= 11 is 0. The van der Waals surface area contributed by atoms with Gasteiger partial charge in [-0.05, 0) is 6.42 Å². The summed E-state index contributed by atoms with van der Waals surface area (Å²) in [6.45, 7) is 0.702. The van der Waals surface area contributed by atoms with E-state index < -0.39 is 10.0 Å². The molecule has 2 N–H and O–H groups in total. The number of rotatable bonds is 7. The molecule has 0 fully saturated rings. The van der Waals surface area contributed by atoms with Crippen molar-refractivity contribution in [3.05, 3.63) is 30.4 Å². The number of hydrogen-bond acceptors (Lipinski definition) is 5. The van der Waals surface area contributed by atoms with Gasteiger partial charge in [-0.15, -0.1) is 0 Å². The van der Waals surface area contributed by atoms with Gasteiger partial charge < -0.3 is 5.11 Å². The van der Waals surface area contributed by atoms with Gasteiger partial charge in [-0.1, -0.05) is 0 Å². The number of nitrogens with one attached hydrogen (secondary N) is 1. The molecule has 0 unspecified atom stereocenters. The lowest BCUT2D eigenvalue weighted by atomic mass is 10.4. The molecule has 0 atom stereocenters. The molecule has 0 aliphatic carbocycles. The van der Waals surface area contributed by atoms with E-state index >= 15 is 0 Å². The number of nitrogens with zero attached hydrogens (tertiary/aromatic N) is 4. The quantitative estimate of drug-likeness (QED) is 0.716. The number of aliphatic hydroxyl groups is 1. The van der Waals surface area contributed by atoms with Crippen LogP contribution in [0, 0.1) is 0 Å². The molecule has 2 heterocycles. The molecule has 20 heavy (non-hydrogen) atoms. The van der Waals surface area contributed by atoms with Gasteiger partial charge in [-0.2, -0.15) is 10.2 Å². The molecule has 0 aliphatic rings. The molecule has 0 saturated carbocycles. The van der Waals surface area contributed by atoms with Crippen LogP contribution in [0.15, 0.2) is 29.7 Å². The Morgan fingerprint density at radius 2 is 2.10 bits per heavy atom. The van der Waals surface area contributed by atoms with Crippen molar-refractivity contribution in [2.24, 2.45) is 7.05 Å². The molecule has 0 saturated heterocycles. The van der Waals surface area contributed by atoms with Crippen LogP contribution in [-0.2, 0) is 30.2 Å². The molecule has 0 aliphatic heterocycles. The maximum Gasteiger partial charge on any atom is 0.243 e. The fraction of sp³-hybridized carbons (Fsp3) is 0.455. The van der Waals surface area contributed by atoms with E-state index in [0.29, 0.717) is 13.0 Å². The Kier molecular flexibility index (Phi) is 4.53. The molecule has 0 amide bonds. The number of aliphatic hydroxyl groups excluding tert-OH is 1. The second-order valence-corrected chi connectivity index (χ2v) is 6.13. The first-order valence-electron chi connectivity index (χ1n) is 6.12. The van der Waals surface area contributed by atoms with E-state index in [1.807, 2.05) is 0 Å². The number of hydrogen-bond donors (Lipinski definition) is 2. The third kappa shape index (κ3) is 3.65. The first-order valence-corrected chi connectivity index (χ1v) is 7.60. The first kappa shape index (κ1) is 14.7. The van der Waals surface area contributed by atoms with Crippen LogP contribution < -0.4 is 4.72 Å². The molecule has 9 heteroatoms. The molecular formula is C11H17N5O3S. The number of aryl methyl sites for hydroxylation is 2. The Bertz CT molecular complexity index is 661. The minimum Gasteiger partial charge on any atom is -0.396 e. The molecule has 8 nitrogen and oxygen atoms in total. The summed E-state index contributed by atoms with van der Waals surface area (Å²) in [5.74, 6) is 0.